The smallest absolute Gasteiger partial charge is 0.325 e. The molecule has 1 aromatic rings. The molecule has 3 fully saturated rings. The molecule has 3 aliphatic heterocycles. The zero-order valence-corrected chi connectivity index (χ0v) is 16.3. The molecule has 5 rings (SSSR count). The van der Waals surface area contributed by atoms with Crippen molar-refractivity contribution < 1.29 is 23.9 Å². The number of urea groups is 1. The SMILES string of the molecule is O=C(CN1C(=O)NC2(CCc3ccccc32)C1=O)N1CCC(C2OCCO2)CC1. The van der Waals surface area contributed by atoms with Crippen molar-refractivity contribution in [3.05, 3.63) is 35.4 Å². The topological polar surface area (TPSA) is 88.2 Å². The first-order valence-corrected chi connectivity index (χ1v) is 10.3. The lowest BCUT2D eigenvalue weighted by atomic mass is 9.92. The summed E-state index contributed by atoms with van der Waals surface area (Å²) in [6.07, 6.45) is 2.71. The van der Waals surface area contributed by atoms with Crippen LogP contribution in [0.25, 0.3) is 0 Å². The summed E-state index contributed by atoms with van der Waals surface area (Å²) in [6, 6.07) is 7.21. The Hall–Kier alpha value is -2.45. The summed E-state index contributed by atoms with van der Waals surface area (Å²) < 4.78 is 11.1. The van der Waals surface area contributed by atoms with Crippen LogP contribution in [0.3, 0.4) is 0 Å². The van der Waals surface area contributed by atoms with Crippen LogP contribution in [0.5, 0.6) is 0 Å². The Labute approximate surface area is 169 Å². The molecule has 154 valence electrons. The molecule has 1 aromatic carbocycles. The van der Waals surface area contributed by atoms with E-state index in [4.69, 9.17) is 9.47 Å². The quantitative estimate of drug-likeness (QED) is 0.766. The number of likely N-dealkylation sites (tertiary alicyclic amines) is 1. The minimum absolute atomic E-state index is 0.166. The summed E-state index contributed by atoms with van der Waals surface area (Å²) >= 11 is 0. The molecule has 8 heteroatoms. The van der Waals surface area contributed by atoms with Crippen LogP contribution in [0.4, 0.5) is 4.79 Å². The molecule has 8 nitrogen and oxygen atoms in total. The van der Waals surface area contributed by atoms with Crippen LogP contribution in [0, 0.1) is 5.92 Å². The van der Waals surface area contributed by atoms with Crippen molar-refractivity contribution in [2.75, 3.05) is 32.8 Å². The van der Waals surface area contributed by atoms with Crippen LogP contribution in [-0.2, 0) is 31.0 Å². The van der Waals surface area contributed by atoms with Gasteiger partial charge in [-0.25, -0.2) is 4.79 Å². The van der Waals surface area contributed by atoms with E-state index in [1.165, 1.54) is 0 Å². The molecule has 3 heterocycles. The van der Waals surface area contributed by atoms with E-state index in [-0.39, 0.29) is 30.6 Å². The van der Waals surface area contributed by atoms with Crippen molar-refractivity contribution in [3.8, 4) is 0 Å². The maximum atomic E-state index is 13.2. The molecule has 0 aromatic heterocycles. The molecular formula is C21H25N3O5. The van der Waals surface area contributed by atoms with E-state index in [1.54, 1.807) is 4.90 Å². The van der Waals surface area contributed by atoms with E-state index in [0.29, 0.717) is 32.7 Å². The zero-order valence-electron chi connectivity index (χ0n) is 16.3. The maximum absolute atomic E-state index is 13.2. The minimum atomic E-state index is -1.02. The number of imide groups is 1. The van der Waals surface area contributed by atoms with E-state index in [9.17, 15) is 14.4 Å². The summed E-state index contributed by atoms with van der Waals surface area (Å²) in [5.74, 6) is -0.219. The molecule has 0 bridgehead atoms. The van der Waals surface area contributed by atoms with Crippen LogP contribution < -0.4 is 5.32 Å². The number of ether oxygens (including phenoxy) is 2. The van der Waals surface area contributed by atoms with Crippen molar-refractivity contribution in [3.63, 3.8) is 0 Å². The molecule has 4 amide bonds. The third-order valence-electron chi connectivity index (χ3n) is 6.64. The van der Waals surface area contributed by atoms with Crippen molar-refractivity contribution in [1.29, 1.82) is 0 Å². The number of hydrogen-bond acceptors (Lipinski definition) is 5. The van der Waals surface area contributed by atoms with Crippen LogP contribution >= 0.6 is 0 Å². The molecule has 3 saturated heterocycles. The first-order chi connectivity index (χ1) is 14.1. The van der Waals surface area contributed by atoms with Gasteiger partial charge in [0.2, 0.25) is 5.91 Å². The summed E-state index contributed by atoms with van der Waals surface area (Å²) in [4.78, 5) is 41.4. The standard InChI is InChI=1S/C21H25N3O5/c25-17(23-9-6-15(7-10-23)18-28-11-12-29-18)13-24-19(26)21(22-20(24)27)8-5-14-3-1-2-4-16(14)21/h1-4,15,18H,5-13H2,(H,22,27). The van der Waals surface area contributed by atoms with Gasteiger partial charge in [-0.3, -0.25) is 14.5 Å². The number of nitrogens with one attached hydrogen (secondary N) is 1. The Morgan fingerprint density at radius 2 is 1.86 bits per heavy atom. The Morgan fingerprint density at radius 3 is 2.62 bits per heavy atom. The largest absolute Gasteiger partial charge is 0.350 e. The summed E-state index contributed by atoms with van der Waals surface area (Å²) in [5, 5.41) is 2.87. The van der Waals surface area contributed by atoms with E-state index in [1.807, 2.05) is 24.3 Å². The van der Waals surface area contributed by atoms with E-state index >= 15 is 0 Å². The second kappa shape index (κ2) is 7.11. The molecule has 1 unspecified atom stereocenters. The fourth-order valence-corrected chi connectivity index (χ4v) is 5.04. The van der Waals surface area contributed by atoms with Gasteiger partial charge in [0.15, 0.2) is 6.29 Å². The fourth-order valence-electron chi connectivity index (χ4n) is 5.04. The summed E-state index contributed by atoms with van der Waals surface area (Å²) in [6.45, 7) is 2.21. The highest BCUT2D eigenvalue weighted by Gasteiger charge is 2.55. The highest BCUT2D eigenvalue weighted by molar-refractivity contribution is 6.09. The molecule has 4 aliphatic rings. The lowest BCUT2D eigenvalue weighted by molar-refractivity contribution is -0.142. The van der Waals surface area contributed by atoms with Gasteiger partial charge >= 0.3 is 6.03 Å². The van der Waals surface area contributed by atoms with Gasteiger partial charge in [-0.1, -0.05) is 24.3 Å². The van der Waals surface area contributed by atoms with Gasteiger partial charge in [0.1, 0.15) is 12.1 Å². The minimum Gasteiger partial charge on any atom is -0.350 e. The molecule has 0 radical (unpaired) electrons. The number of carbonyl (C=O) groups excluding carboxylic acids is 3. The summed E-state index contributed by atoms with van der Waals surface area (Å²) in [5.41, 5.74) is 0.913. The van der Waals surface area contributed by atoms with E-state index in [0.717, 1.165) is 35.3 Å². The molecule has 1 spiro atoms. The number of carbonyl (C=O) groups is 3. The molecule has 1 atom stereocenters. The molecule has 1 aliphatic carbocycles. The Balaban J connectivity index is 1.24. The lowest BCUT2D eigenvalue weighted by Gasteiger charge is -2.34. The fraction of sp³-hybridized carbons (Fsp3) is 0.571. The zero-order chi connectivity index (χ0) is 20.0. The van der Waals surface area contributed by atoms with Crippen LogP contribution in [0.1, 0.15) is 30.4 Å². The van der Waals surface area contributed by atoms with Gasteiger partial charge in [-0.05, 0) is 36.8 Å². The maximum Gasteiger partial charge on any atom is 0.325 e. The van der Waals surface area contributed by atoms with Gasteiger partial charge in [0.25, 0.3) is 5.91 Å². The van der Waals surface area contributed by atoms with Crippen molar-refractivity contribution in [2.45, 2.75) is 37.5 Å². The number of hydrogen-bond donors (Lipinski definition) is 1. The van der Waals surface area contributed by atoms with Gasteiger partial charge < -0.3 is 19.7 Å². The molecular weight excluding hydrogens is 374 g/mol. The number of piperidine rings is 1. The van der Waals surface area contributed by atoms with E-state index in [2.05, 4.69) is 5.32 Å². The molecule has 0 saturated carbocycles. The first kappa shape index (κ1) is 18.6. The third kappa shape index (κ3) is 3.02. The monoisotopic (exact) mass is 399 g/mol. The first-order valence-electron chi connectivity index (χ1n) is 10.3. The average molecular weight is 399 g/mol. The van der Waals surface area contributed by atoms with Gasteiger partial charge in [-0.15, -0.1) is 0 Å². The van der Waals surface area contributed by atoms with Crippen molar-refractivity contribution >= 4 is 17.8 Å². The predicted octanol–water partition coefficient (Wildman–Crippen LogP) is 0.991. The highest BCUT2D eigenvalue weighted by atomic mass is 16.7. The Bertz CT molecular complexity index is 844. The Kier molecular flexibility index (Phi) is 4.55. The van der Waals surface area contributed by atoms with Gasteiger partial charge in [-0.2, -0.15) is 0 Å². The number of rotatable bonds is 3. The normalized spacial score (nSPS) is 27.7. The average Bonchev–Trinajstić information content (AvgIpc) is 3.45. The number of amides is 4. The predicted molar refractivity (Wildman–Crippen MR) is 102 cm³/mol. The highest BCUT2D eigenvalue weighted by Crippen LogP contribution is 2.41. The molecule has 1 N–H and O–H groups in total. The lowest BCUT2D eigenvalue weighted by Crippen LogP contribution is -2.47. The Morgan fingerprint density at radius 1 is 1.14 bits per heavy atom. The summed E-state index contributed by atoms with van der Waals surface area (Å²) in [7, 11) is 0. The van der Waals surface area contributed by atoms with Gasteiger partial charge in [0, 0.05) is 19.0 Å². The second-order valence-corrected chi connectivity index (χ2v) is 8.21. The van der Waals surface area contributed by atoms with Crippen LogP contribution in [0.15, 0.2) is 24.3 Å². The van der Waals surface area contributed by atoms with Crippen LogP contribution in [-0.4, -0.2) is 66.8 Å². The number of nitrogens with zero attached hydrogens (tertiary/aromatic N) is 2. The van der Waals surface area contributed by atoms with Crippen molar-refractivity contribution in [2.24, 2.45) is 5.92 Å². The van der Waals surface area contributed by atoms with Crippen molar-refractivity contribution in [1.82, 2.24) is 15.1 Å². The molecule has 29 heavy (non-hydrogen) atoms. The number of aryl methyl sites for hydroxylation is 1. The van der Waals surface area contributed by atoms with Crippen LogP contribution in [0.2, 0.25) is 0 Å². The van der Waals surface area contributed by atoms with Gasteiger partial charge in [0.05, 0.1) is 13.2 Å². The van der Waals surface area contributed by atoms with E-state index < -0.39 is 11.6 Å². The third-order valence-corrected chi connectivity index (χ3v) is 6.64. The second-order valence-electron chi connectivity index (χ2n) is 8.21. The number of benzene rings is 1. The number of fused-ring (bicyclic) bond motifs is 2.